The average molecular weight is 326 g/mol. The van der Waals surface area contributed by atoms with E-state index >= 15 is 0 Å². The van der Waals surface area contributed by atoms with Crippen LogP contribution in [0.3, 0.4) is 0 Å². The van der Waals surface area contributed by atoms with Gasteiger partial charge in [-0.1, -0.05) is 30.3 Å². The molecule has 1 heterocycles. The summed E-state index contributed by atoms with van der Waals surface area (Å²) in [6.45, 7) is 3.60. The minimum Gasteiger partial charge on any atom is -0.474 e. The van der Waals surface area contributed by atoms with Crippen molar-refractivity contribution in [2.45, 2.75) is 32.4 Å². The van der Waals surface area contributed by atoms with Crippen LogP contribution in [0.15, 0.2) is 48.5 Å². The first-order valence-corrected chi connectivity index (χ1v) is 7.80. The van der Waals surface area contributed by atoms with E-state index in [-0.39, 0.29) is 23.4 Å². The molecule has 0 fully saturated rings. The second kappa shape index (κ2) is 6.31. The fourth-order valence-corrected chi connectivity index (χ4v) is 3.05. The summed E-state index contributed by atoms with van der Waals surface area (Å²) in [7, 11) is 0. The number of rotatable bonds is 4. The van der Waals surface area contributed by atoms with Crippen LogP contribution >= 0.6 is 0 Å². The Bertz CT molecular complexity index is 790. The van der Waals surface area contributed by atoms with Crippen LogP contribution in [0.5, 0.6) is 5.75 Å². The fourth-order valence-electron chi connectivity index (χ4n) is 3.05. The van der Waals surface area contributed by atoms with Crippen molar-refractivity contribution >= 4 is 17.3 Å². The number of anilines is 1. The van der Waals surface area contributed by atoms with Gasteiger partial charge in [0.1, 0.15) is 0 Å². The van der Waals surface area contributed by atoms with Gasteiger partial charge in [0.05, 0.1) is 4.92 Å². The van der Waals surface area contributed by atoms with Crippen LogP contribution in [0.25, 0.3) is 0 Å². The Hall–Kier alpha value is -2.89. The highest BCUT2D eigenvalue weighted by atomic mass is 16.6. The van der Waals surface area contributed by atoms with E-state index in [4.69, 9.17) is 4.74 Å². The van der Waals surface area contributed by atoms with Crippen LogP contribution in [0.2, 0.25) is 0 Å². The van der Waals surface area contributed by atoms with Crippen molar-refractivity contribution in [3.8, 4) is 5.75 Å². The number of hydrogen-bond acceptors (Lipinski definition) is 4. The van der Waals surface area contributed by atoms with Crippen molar-refractivity contribution in [1.29, 1.82) is 0 Å². The van der Waals surface area contributed by atoms with Crippen LogP contribution in [-0.2, 0) is 11.2 Å². The van der Waals surface area contributed by atoms with Crippen LogP contribution < -0.4 is 9.64 Å². The summed E-state index contributed by atoms with van der Waals surface area (Å²) < 4.78 is 5.61. The molecule has 124 valence electrons. The summed E-state index contributed by atoms with van der Waals surface area (Å²) >= 11 is 0. The minimum absolute atomic E-state index is 0.0340. The van der Waals surface area contributed by atoms with Gasteiger partial charge in [0.15, 0.2) is 11.9 Å². The number of ether oxygens (including phenoxy) is 1. The first kappa shape index (κ1) is 16.0. The highest BCUT2D eigenvalue weighted by molar-refractivity contribution is 5.99. The molecule has 1 aliphatic rings. The molecule has 0 saturated heterocycles. The number of carbonyl (C=O) groups is 1. The number of fused-ring (bicyclic) bond motifs is 1. The maximum atomic E-state index is 12.8. The first-order valence-electron chi connectivity index (χ1n) is 7.80. The average Bonchev–Trinajstić information content (AvgIpc) is 2.90. The normalized spacial score (nSPS) is 17.2. The van der Waals surface area contributed by atoms with E-state index in [0.29, 0.717) is 0 Å². The second-order valence-corrected chi connectivity index (χ2v) is 5.88. The van der Waals surface area contributed by atoms with Gasteiger partial charge in [0, 0.05) is 17.8 Å². The molecule has 24 heavy (non-hydrogen) atoms. The highest BCUT2D eigenvalue weighted by Crippen LogP contribution is 2.33. The maximum absolute atomic E-state index is 12.8. The fraction of sp³-hybridized carbons (Fsp3) is 0.278. The van der Waals surface area contributed by atoms with E-state index in [1.165, 1.54) is 12.1 Å². The van der Waals surface area contributed by atoms with Crippen molar-refractivity contribution in [2.75, 3.05) is 4.90 Å². The predicted molar refractivity (Wildman–Crippen MR) is 90.3 cm³/mol. The molecule has 0 spiro atoms. The Morgan fingerprint density at radius 3 is 2.67 bits per heavy atom. The molecular weight excluding hydrogens is 308 g/mol. The lowest BCUT2D eigenvalue weighted by Gasteiger charge is -2.26. The molecule has 0 bridgehead atoms. The summed E-state index contributed by atoms with van der Waals surface area (Å²) in [6.07, 6.45) is -0.0279. The van der Waals surface area contributed by atoms with Crippen LogP contribution in [0.1, 0.15) is 19.4 Å². The van der Waals surface area contributed by atoms with Gasteiger partial charge in [-0.25, -0.2) is 0 Å². The molecule has 0 aliphatic carbocycles. The summed E-state index contributed by atoms with van der Waals surface area (Å²) in [5.74, 6) is -0.103. The zero-order valence-corrected chi connectivity index (χ0v) is 13.5. The van der Waals surface area contributed by atoms with Gasteiger partial charge >= 0.3 is 5.69 Å². The number of hydrogen-bond donors (Lipinski definition) is 0. The highest BCUT2D eigenvalue weighted by Gasteiger charge is 2.34. The number of carbonyl (C=O) groups excluding carboxylic acids is 1. The lowest BCUT2D eigenvalue weighted by Crippen LogP contribution is -2.43. The Morgan fingerprint density at radius 1 is 1.25 bits per heavy atom. The zero-order chi connectivity index (χ0) is 17.3. The largest absolute Gasteiger partial charge is 0.474 e. The maximum Gasteiger partial charge on any atom is 0.310 e. The molecule has 2 aromatic carbocycles. The summed E-state index contributed by atoms with van der Waals surface area (Å²) in [6, 6.07) is 13.9. The molecular formula is C18H18N2O4. The summed E-state index contributed by atoms with van der Waals surface area (Å²) in [5, 5.41) is 11.1. The third-order valence-corrected chi connectivity index (χ3v) is 4.16. The van der Waals surface area contributed by atoms with Gasteiger partial charge in [-0.2, -0.15) is 0 Å². The minimum atomic E-state index is -0.820. The molecule has 0 unspecified atom stereocenters. The Balaban J connectivity index is 1.83. The van der Waals surface area contributed by atoms with Gasteiger partial charge in [0.2, 0.25) is 0 Å². The Kier molecular flexibility index (Phi) is 4.20. The molecule has 0 aromatic heterocycles. The third-order valence-electron chi connectivity index (χ3n) is 4.16. The van der Waals surface area contributed by atoms with Gasteiger partial charge in [-0.15, -0.1) is 0 Å². The molecule has 1 aliphatic heterocycles. The van der Waals surface area contributed by atoms with Crippen molar-refractivity contribution < 1.29 is 14.5 Å². The van der Waals surface area contributed by atoms with Crippen LogP contribution in [-0.4, -0.2) is 23.0 Å². The quantitative estimate of drug-likeness (QED) is 0.638. The lowest BCUT2D eigenvalue weighted by molar-refractivity contribution is -0.386. The standard InChI is InChI=1S/C18H18N2O4/c1-12-11-14-7-3-4-8-15(14)19(12)18(21)13(2)24-17-10-6-5-9-16(17)20(22)23/h3-10,12-13H,11H2,1-2H3/t12-,13+/m1/s1. The smallest absolute Gasteiger partial charge is 0.310 e. The molecule has 2 atom stereocenters. The predicted octanol–water partition coefficient (Wildman–Crippen LogP) is 3.34. The number of amides is 1. The number of nitro benzene ring substituents is 1. The summed E-state index contributed by atoms with van der Waals surface area (Å²) in [5.41, 5.74) is 1.86. The summed E-state index contributed by atoms with van der Waals surface area (Å²) in [4.78, 5) is 25.1. The molecule has 0 saturated carbocycles. The van der Waals surface area contributed by atoms with E-state index in [1.807, 2.05) is 31.2 Å². The zero-order valence-electron chi connectivity index (χ0n) is 13.5. The van der Waals surface area contributed by atoms with E-state index < -0.39 is 11.0 Å². The Morgan fingerprint density at radius 2 is 1.92 bits per heavy atom. The third kappa shape index (κ3) is 2.82. The van der Waals surface area contributed by atoms with Gasteiger partial charge < -0.3 is 9.64 Å². The van der Waals surface area contributed by atoms with E-state index in [1.54, 1.807) is 24.0 Å². The number of nitrogens with zero attached hydrogens (tertiary/aromatic N) is 2. The number of nitro groups is 1. The van der Waals surface area contributed by atoms with E-state index in [0.717, 1.165) is 17.7 Å². The topological polar surface area (TPSA) is 72.7 Å². The van der Waals surface area contributed by atoms with Gasteiger partial charge in [0.25, 0.3) is 5.91 Å². The molecule has 0 radical (unpaired) electrons. The van der Waals surface area contributed by atoms with E-state index in [2.05, 4.69) is 0 Å². The first-order chi connectivity index (χ1) is 11.5. The molecule has 3 rings (SSSR count). The van der Waals surface area contributed by atoms with Crippen molar-refractivity contribution in [3.05, 3.63) is 64.2 Å². The molecule has 0 N–H and O–H groups in total. The Labute approximate surface area is 139 Å². The van der Waals surface area contributed by atoms with Gasteiger partial charge in [-0.3, -0.25) is 14.9 Å². The monoisotopic (exact) mass is 326 g/mol. The number of benzene rings is 2. The van der Waals surface area contributed by atoms with Crippen molar-refractivity contribution in [2.24, 2.45) is 0 Å². The van der Waals surface area contributed by atoms with Crippen LogP contribution in [0, 0.1) is 10.1 Å². The molecule has 6 heteroatoms. The molecule has 2 aromatic rings. The van der Waals surface area contributed by atoms with E-state index in [9.17, 15) is 14.9 Å². The van der Waals surface area contributed by atoms with Gasteiger partial charge in [-0.05, 0) is 38.0 Å². The van der Waals surface area contributed by atoms with Crippen molar-refractivity contribution in [3.63, 3.8) is 0 Å². The molecule has 1 amide bonds. The van der Waals surface area contributed by atoms with Crippen molar-refractivity contribution in [1.82, 2.24) is 0 Å². The molecule has 6 nitrogen and oxygen atoms in total. The SMILES string of the molecule is C[C@H](Oc1ccccc1[N+](=O)[O-])C(=O)N1c2ccccc2C[C@H]1C. The lowest BCUT2D eigenvalue weighted by atomic mass is 10.1. The second-order valence-electron chi connectivity index (χ2n) is 5.88. The van der Waals surface area contributed by atoms with Crippen LogP contribution in [0.4, 0.5) is 11.4 Å². The number of para-hydroxylation sites is 3.